The molecular formula is C16H26N2O3. The van der Waals surface area contributed by atoms with Gasteiger partial charge in [0.25, 0.3) is 0 Å². The van der Waals surface area contributed by atoms with Crippen LogP contribution in [0.1, 0.15) is 44.9 Å². The Balaban J connectivity index is 1.57. The van der Waals surface area contributed by atoms with Gasteiger partial charge in [0.05, 0.1) is 5.92 Å². The predicted molar refractivity (Wildman–Crippen MR) is 81.0 cm³/mol. The molecule has 0 aromatic rings. The number of hydrogen-bond acceptors (Lipinski definition) is 2. The van der Waals surface area contributed by atoms with Crippen molar-refractivity contribution in [3.05, 3.63) is 12.2 Å². The third-order valence-electron chi connectivity index (χ3n) is 4.68. The smallest absolute Gasteiger partial charge is 0.314 e. The summed E-state index contributed by atoms with van der Waals surface area (Å²) in [5.74, 6) is 0.117. The Labute approximate surface area is 126 Å². The molecule has 5 heteroatoms. The zero-order valence-corrected chi connectivity index (χ0v) is 12.5. The van der Waals surface area contributed by atoms with Crippen molar-refractivity contribution >= 4 is 12.0 Å². The second-order valence-corrected chi connectivity index (χ2v) is 6.30. The van der Waals surface area contributed by atoms with E-state index in [1.165, 1.54) is 0 Å². The average Bonchev–Trinajstić information content (AvgIpc) is 2.52. The van der Waals surface area contributed by atoms with E-state index >= 15 is 0 Å². The van der Waals surface area contributed by atoms with Gasteiger partial charge in [-0.3, -0.25) is 4.79 Å². The summed E-state index contributed by atoms with van der Waals surface area (Å²) in [6.45, 7) is 1.39. The van der Waals surface area contributed by atoms with Crippen molar-refractivity contribution in [3.8, 4) is 0 Å². The van der Waals surface area contributed by atoms with E-state index in [-0.39, 0.29) is 11.9 Å². The number of urea groups is 1. The number of aliphatic carboxylic acids is 1. The first-order valence-corrected chi connectivity index (χ1v) is 8.04. The number of carbonyl (C=O) groups is 2. The molecule has 1 atom stereocenters. The van der Waals surface area contributed by atoms with Crippen LogP contribution in [0.2, 0.25) is 0 Å². The van der Waals surface area contributed by atoms with E-state index in [1.807, 2.05) is 0 Å². The summed E-state index contributed by atoms with van der Waals surface area (Å²) >= 11 is 0. The van der Waals surface area contributed by atoms with Crippen molar-refractivity contribution in [3.63, 3.8) is 0 Å². The van der Waals surface area contributed by atoms with E-state index in [9.17, 15) is 9.59 Å². The van der Waals surface area contributed by atoms with Gasteiger partial charge in [0.1, 0.15) is 0 Å². The summed E-state index contributed by atoms with van der Waals surface area (Å²) in [7, 11) is 0. The molecule has 0 bridgehead atoms. The number of hydrogen-bond donors (Lipinski definition) is 3. The number of nitrogens with one attached hydrogen (secondary N) is 2. The van der Waals surface area contributed by atoms with Crippen molar-refractivity contribution in [2.45, 2.75) is 44.9 Å². The molecule has 1 saturated carbocycles. The lowest BCUT2D eigenvalue weighted by Gasteiger charge is -2.26. The van der Waals surface area contributed by atoms with Crippen molar-refractivity contribution in [1.29, 1.82) is 0 Å². The molecule has 21 heavy (non-hydrogen) atoms. The fraction of sp³-hybridized carbons (Fsp3) is 0.750. The molecule has 0 radical (unpaired) electrons. The summed E-state index contributed by atoms with van der Waals surface area (Å²) in [5, 5.41) is 14.8. The van der Waals surface area contributed by atoms with Crippen LogP contribution in [0.4, 0.5) is 4.79 Å². The zero-order chi connectivity index (χ0) is 15.1. The van der Waals surface area contributed by atoms with Gasteiger partial charge in [0.15, 0.2) is 0 Å². The van der Waals surface area contributed by atoms with E-state index in [1.54, 1.807) is 0 Å². The lowest BCUT2D eigenvalue weighted by Crippen LogP contribution is -2.41. The van der Waals surface area contributed by atoms with Crippen LogP contribution in [-0.4, -0.2) is 30.2 Å². The highest BCUT2D eigenvalue weighted by atomic mass is 16.4. The molecule has 0 aliphatic heterocycles. The maximum absolute atomic E-state index is 11.8. The van der Waals surface area contributed by atoms with Crippen LogP contribution >= 0.6 is 0 Å². The minimum absolute atomic E-state index is 0.0927. The van der Waals surface area contributed by atoms with Crippen molar-refractivity contribution in [2.24, 2.45) is 17.8 Å². The molecule has 1 fully saturated rings. The summed E-state index contributed by atoms with van der Waals surface area (Å²) in [5.41, 5.74) is 0. The van der Waals surface area contributed by atoms with Gasteiger partial charge in [-0.15, -0.1) is 0 Å². The maximum atomic E-state index is 11.8. The number of carboxylic acid groups (broad SMARTS) is 1. The monoisotopic (exact) mass is 294 g/mol. The van der Waals surface area contributed by atoms with E-state index in [0.29, 0.717) is 18.4 Å². The van der Waals surface area contributed by atoms with Crippen LogP contribution in [0.25, 0.3) is 0 Å². The van der Waals surface area contributed by atoms with Gasteiger partial charge in [0.2, 0.25) is 0 Å². The second kappa shape index (κ2) is 8.05. The van der Waals surface area contributed by atoms with Crippen molar-refractivity contribution in [1.82, 2.24) is 10.6 Å². The average molecular weight is 294 g/mol. The third-order valence-corrected chi connectivity index (χ3v) is 4.68. The highest BCUT2D eigenvalue weighted by molar-refractivity contribution is 5.73. The van der Waals surface area contributed by atoms with E-state index in [4.69, 9.17) is 5.11 Å². The number of rotatable bonds is 5. The van der Waals surface area contributed by atoms with Crippen LogP contribution in [0.3, 0.4) is 0 Å². The third kappa shape index (κ3) is 5.40. The molecule has 0 saturated heterocycles. The van der Waals surface area contributed by atoms with Crippen LogP contribution in [0.5, 0.6) is 0 Å². The Morgan fingerprint density at radius 3 is 2.19 bits per heavy atom. The fourth-order valence-electron chi connectivity index (χ4n) is 3.19. The molecule has 2 amide bonds. The number of carboxylic acids is 1. The minimum Gasteiger partial charge on any atom is -0.481 e. The molecule has 2 rings (SSSR count). The topological polar surface area (TPSA) is 78.4 Å². The first kappa shape index (κ1) is 15.9. The van der Waals surface area contributed by atoms with Gasteiger partial charge >= 0.3 is 12.0 Å². The summed E-state index contributed by atoms with van der Waals surface area (Å²) in [4.78, 5) is 22.6. The lowest BCUT2D eigenvalue weighted by molar-refractivity contribution is -0.143. The van der Waals surface area contributed by atoms with Gasteiger partial charge in [-0.2, -0.15) is 0 Å². The maximum Gasteiger partial charge on any atom is 0.314 e. The SMILES string of the molecule is O=C(NCC1CC=CCC1)NCC1CCC(C(=O)O)CC1. The van der Waals surface area contributed by atoms with Gasteiger partial charge < -0.3 is 15.7 Å². The molecule has 0 aromatic heterocycles. The van der Waals surface area contributed by atoms with Crippen LogP contribution in [-0.2, 0) is 4.79 Å². The Morgan fingerprint density at radius 1 is 0.952 bits per heavy atom. The number of carbonyl (C=O) groups excluding carboxylic acids is 1. The zero-order valence-electron chi connectivity index (χ0n) is 12.5. The standard InChI is InChI=1S/C16H26N2O3/c19-15(20)14-8-6-13(7-9-14)11-18-16(21)17-10-12-4-2-1-3-5-12/h1-2,12-14H,3-11H2,(H,19,20)(H2,17,18,21). The predicted octanol–water partition coefficient (Wildman–Crippen LogP) is 2.53. The largest absolute Gasteiger partial charge is 0.481 e. The van der Waals surface area contributed by atoms with Gasteiger partial charge in [0, 0.05) is 13.1 Å². The first-order chi connectivity index (χ1) is 10.1. The Morgan fingerprint density at radius 2 is 1.62 bits per heavy atom. The minimum atomic E-state index is -0.680. The summed E-state index contributed by atoms with van der Waals surface area (Å²) in [6, 6.07) is -0.0927. The van der Waals surface area contributed by atoms with Gasteiger partial charge in [-0.25, -0.2) is 4.79 Å². The van der Waals surface area contributed by atoms with Crippen LogP contribution in [0, 0.1) is 17.8 Å². The van der Waals surface area contributed by atoms with Crippen LogP contribution in [0.15, 0.2) is 12.2 Å². The molecule has 0 spiro atoms. The highest BCUT2D eigenvalue weighted by Crippen LogP contribution is 2.28. The second-order valence-electron chi connectivity index (χ2n) is 6.30. The molecule has 5 nitrogen and oxygen atoms in total. The summed E-state index contributed by atoms with van der Waals surface area (Å²) in [6.07, 6.45) is 11.0. The Bertz CT molecular complexity index is 387. The molecule has 1 unspecified atom stereocenters. The Hall–Kier alpha value is -1.52. The van der Waals surface area contributed by atoms with Crippen molar-refractivity contribution in [2.75, 3.05) is 13.1 Å². The van der Waals surface area contributed by atoms with E-state index < -0.39 is 5.97 Å². The number of allylic oxidation sites excluding steroid dienone is 2. The molecular weight excluding hydrogens is 268 g/mol. The lowest BCUT2D eigenvalue weighted by atomic mass is 9.82. The Kier molecular flexibility index (Phi) is 6.08. The first-order valence-electron chi connectivity index (χ1n) is 8.04. The quantitative estimate of drug-likeness (QED) is 0.682. The highest BCUT2D eigenvalue weighted by Gasteiger charge is 2.25. The molecule has 2 aliphatic carbocycles. The molecule has 0 heterocycles. The summed E-state index contributed by atoms with van der Waals surface area (Å²) < 4.78 is 0. The van der Waals surface area contributed by atoms with Crippen molar-refractivity contribution < 1.29 is 14.7 Å². The number of amides is 2. The molecule has 3 N–H and O–H groups in total. The fourth-order valence-corrected chi connectivity index (χ4v) is 3.19. The normalized spacial score (nSPS) is 28.9. The van der Waals surface area contributed by atoms with E-state index in [0.717, 1.165) is 51.5 Å². The molecule has 118 valence electrons. The molecule has 2 aliphatic rings. The van der Waals surface area contributed by atoms with Gasteiger partial charge in [-0.05, 0) is 56.8 Å². The van der Waals surface area contributed by atoms with Gasteiger partial charge in [-0.1, -0.05) is 12.2 Å². The van der Waals surface area contributed by atoms with E-state index in [2.05, 4.69) is 22.8 Å². The molecule has 0 aromatic carbocycles. The van der Waals surface area contributed by atoms with Crippen LogP contribution < -0.4 is 10.6 Å².